The SMILES string of the molecule is CCC#CC(=O)N1CCC(c2nc(C(=O)Nc3ccccc3-c3ccc(F)cc3)cs2)CC1. The van der Waals surface area contributed by atoms with Crippen LogP contribution < -0.4 is 5.32 Å². The number of carbonyl (C=O) groups is 2. The van der Waals surface area contributed by atoms with E-state index < -0.39 is 0 Å². The molecule has 1 aliphatic heterocycles. The first-order valence-corrected chi connectivity index (χ1v) is 11.8. The molecule has 0 spiro atoms. The number of halogens is 1. The normalized spacial score (nSPS) is 13.8. The maximum atomic E-state index is 13.3. The van der Waals surface area contributed by atoms with Crippen LogP contribution in [0.3, 0.4) is 0 Å². The summed E-state index contributed by atoms with van der Waals surface area (Å²) in [5, 5.41) is 5.63. The third-order valence-corrected chi connectivity index (χ3v) is 6.60. The van der Waals surface area contributed by atoms with Crippen molar-refractivity contribution in [2.75, 3.05) is 18.4 Å². The van der Waals surface area contributed by atoms with Gasteiger partial charge in [-0.25, -0.2) is 9.37 Å². The Morgan fingerprint density at radius 1 is 1.15 bits per heavy atom. The van der Waals surface area contributed by atoms with Crippen molar-refractivity contribution < 1.29 is 14.0 Å². The zero-order valence-corrected chi connectivity index (χ0v) is 19.1. The molecule has 0 atom stereocenters. The number of likely N-dealkylation sites (tertiary alicyclic amines) is 1. The van der Waals surface area contributed by atoms with E-state index >= 15 is 0 Å². The summed E-state index contributed by atoms with van der Waals surface area (Å²) in [6.45, 7) is 3.21. The molecule has 0 saturated carbocycles. The number of aromatic nitrogens is 1. The van der Waals surface area contributed by atoms with Gasteiger partial charge in [0, 0.05) is 42.1 Å². The number of benzene rings is 2. The Kier molecular flexibility index (Phi) is 7.16. The number of rotatable bonds is 4. The first-order valence-electron chi connectivity index (χ1n) is 10.9. The number of thiazole rings is 1. The molecule has 168 valence electrons. The molecule has 2 heterocycles. The Labute approximate surface area is 196 Å². The Hall–Kier alpha value is -3.50. The lowest BCUT2D eigenvalue weighted by molar-refractivity contribution is -0.126. The lowest BCUT2D eigenvalue weighted by atomic mass is 9.97. The van der Waals surface area contributed by atoms with Gasteiger partial charge >= 0.3 is 0 Å². The molecule has 3 aromatic rings. The second-order valence-electron chi connectivity index (χ2n) is 7.80. The largest absolute Gasteiger partial charge is 0.332 e. The first-order chi connectivity index (χ1) is 16.0. The predicted molar refractivity (Wildman–Crippen MR) is 129 cm³/mol. The highest BCUT2D eigenvalue weighted by Gasteiger charge is 2.26. The summed E-state index contributed by atoms with van der Waals surface area (Å²) in [5.41, 5.74) is 2.64. The van der Waals surface area contributed by atoms with E-state index in [4.69, 9.17) is 0 Å². The summed E-state index contributed by atoms with van der Waals surface area (Å²) in [7, 11) is 0. The number of piperidine rings is 1. The fourth-order valence-electron chi connectivity index (χ4n) is 3.81. The van der Waals surface area contributed by atoms with Crippen LogP contribution in [0.15, 0.2) is 53.9 Å². The zero-order chi connectivity index (χ0) is 23.2. The van der Waals surface area contributed by atoms with E-state index in [1.165, 1.54) is 23.5 Å². The molecule has 33 heavy (non-hydrogen) atoms. The van der Waals surface area contributed by atoms with Gasteiger partial charge in [0.25, 0.3) is 11.8 Å². The van der Waals surface area contributed by atoms with Crippen molar-refractivity contribution in [1.82, 2.24) is 9.88 Å². The minimum atomic E-state index is -0.306. The molecule has 1 saturated heterocycles. The van der Waals surface area contributed by atoms with Crippen molar-refractivity contribution in [2.24, 2.45) is 0 Å². The number of hydrogen-bond donors (Lipinski definition) is 1. The van der Waals surface area contributed by atoms with Crippen molar-refractivity contribution in [1.29, 1.82) is 0 Å². The highest BCUT2D eigenvalue weighted by molar-refractivity contribution is 7.10. The number of para-hydroxylation sites is 1. The number of amides is 2. The van der Waals surface area contributed by atoms with E-state index in [1.807, 2.05) is 31.2 Å². The van der Waals surface area contributed by atoms with E-state index in [-0.39, 0.29) is 23.5 Å². The summed E-state index contributed by atoms with van der Waals surface area (Å²) in [5.74, 6) is 5.02. The lowest BCUT2D eigenvalue weighted by Crippen LogP contribution is -2.37. The van der Waals surface area contributed by atoms with E-state index in [9.17, 15) is 14.0 Å². The Morgan fingerprint density at radius 2 is 1.88 bits per heavy atom. The standard InChI is InChI=1S/C26H24FN3O2S/c1-2-3-8-24(31)30-15-13-19(14-16-30)26-29-23(17-33-26)25(32)28-22-7-5-4-6-21(22)18-9-11-20(27)12-10-18/h4-7,9-12,17,19H,2,13-16H2,1H3,(H,28,32). The Bertz CT molecular complexity index is 1200. The van der Waals surface area contributed by atoms with Crippen LogP contribution in [0.2, 0.25) is 0 Å². The van der Waals surface area contributed by atoms with Crippen molar-refractivity contribution in [3.63, 3.8) is 0 Å². The van der Waals surface area contributed by atoms with Gasteiger partial charge in [0.15, 0.2) is 0 Å². The van der Waals surface area contributed by atoms with E-state index in [0.29, 0.717) is 30.9 Å². The molecule has 5 nitrogen and oxygen atoms in total. The van der Waals surface area contributed by atoms with Gasteiger partial charge < -0.3 is 10.2 Å². The van der Waals surface area contributed by atoms with Gasteiger partial charge in [-0.05, 0) is 42.5 Å². The van der Waals surface area contributed by atoms with Crippen LogP contribution in [0.25, 0.3) is 11.1 Å². The van der Waals surface area contributed by atoms with Crippen LogP contribution in [-0.4, -0.2) is 34.8 Å². The van der Waals surface area contributed by atoms with E-state index in [0.717, 1.165) is 29.0 Å². The van der Waals surface area contributed by atoms with Crippen molar-refractivity contribution in [3.05, 3.63) is 70.4 Å². The highest BCUT2D eigenvalue weighted by Crippen LogP contribution is 2.31. The summed E-state index contributed by atoms with van der Waals surface area (Å²) in [6, 6.07) is 13.6. The second kappa shape index (κ2) is 10.4. The number of anilines is 1. The van der Waals surface area contributed by atoms with E-state index in [1.54, 1.807) is 22.4 Å². The molecular weight excluding hydrogens is 437 g/mol. The molecule has 0 bridgehead atoms. The summed E-state index contributed by atoms with van der Waals surface area (Å²) in [4.78, 5) is 31.3. The topological polar surface area (TPSA) is 62.3 Å². The number of nitrogens with one attached hydrogen (secondary N) is 1. The van der Waals surface area contributed by atoms with E-state index in [2.05, 4.69) is 22.1 Å². The number of hydrogen-bond acceptors (Lipinski definition) is 4. The highest BCUT2D eigenvalue weighted by atomic mass is 32.1. The second-order valence-corrected chi connectivity index (χ2v) is 8.69. The quantitative estimate of drug-likeness (QED) is 0.535. The molecular formula is C26H24FN3O2S. The molecule has 1 N–H and O–H groups in total. The zero-order valence-electron chi connectivity index (χ0n) is 18.3. The molecule has 1 aromatic heterocycles. The molecule has 1 fully saturated rings. The molecule has 1 aliphatic rings. The van der Waals surface area contributed by atoms with Crippen molar-refractivity contribution >= 4 is 28.8 Å². The smallest absolute Gasteiger partial charge is 0.298 e. The maximum absolute atomic E-state index is 13.3. The third kappa shape index (κ3) is 5.47. The Morgan fingerprint density at radius 3 is 2.61 bits per heavy atom. The van der Waals surface area contributed by atoms with Crippen LogP contribution >= 0.6 is 11.3 Å². The molecule has 0 radical (unpaired) electrons. The predicted octanol–water partition coefficient (Wildman–Crippen LogP) is 5.32. The maximum Gasteiger partial charge on any atom is 0.298 e. The monoisotopic (exact) mass is 461 g/mol. The lowest BCUT2D eigenvalue weighted by Gasteiger charge is -2.29. The van der Waals surface area contributed by atoms with Crippen LogP contribution in [0.5, 0.6) is 0 Å². The third-order valence-electron chi connectivity index (χ3n) is 5.59. The molecule has 2 amide bonds. The van der Waals surface area contributed by atoms with Gasteiger partial charge in [-0.1, -0.05) is 43.2 Å². The van der Waals surface area contributed by atoms with Crippen molar-refractivity contribution in [2.45, 2.75) is 32.1 Å². The number of nitrogens with zero attached hydrogens (tertiary/aromatic N) is 2. The fourth-order valence-corrected chi connectivity index (χ4v) is 4.78. The summed E-state index contributed by atoms with van der Waals surface area (Å²) < 4.78 is 13.3. The summed E-state index contributed by atoms with van der Waals surface area (Å²) in [6.07, 6.45) is 2.28. The Balaban J connectivity index is 1.42. The molecule has 0 unspecified atom stereocenters. The average molecular weight is 462 g/mol. The van der Waals surface area contributed by atoms with Gasteiger partial charge in [0.2, 0.25) is 0 Å². The van der Waals surface area contributed by atoms with Gasteiger partial charge in [-0.15, -0.1) is 11.3 Å². The molecule has 0 aliphatic carbocycles. The van der Waals surface area contributed by atoms with Crippen molar-refractivity contribution in [3.8, 4) is 23.0 Å². The van der Waals surface area contributed by atoms with Gasteiger partial charge in [0.1, 0.15) is 11.5 Å². The van der Waals surface area contributed by atoms with Crippen LogP contribution in [0, 0.1) is 17.7 Å². The average Bonchev–Trinajstić information content (AvgIpc) is 3.34. The van der Waals surface area contributed by atoms with Crippen LogP contribution in [-0.2, 0) is 4.79 Å². The minimum absolute atomic E-state index is 0.116. The molecule has 4 rings (SSSR count). The van der Waals surface area contributed by atoms with Gasteiger partial charge in [-0.2, -0.15) is 0 Å². The molecule has 2 aromatic carbocycles. The number of carbonyl (C=O) groups excluding carboxylic acids is 2. The van der Waals surface area contributed by atoms with Crippen LogP contribution in [0.4, 0.5) is 10.1 Å². The fraction of sp³-hybridized carbons (Fsp3) is 0.269. The summed E-state index contributed by atoms with van der Waals surface area (Å²) >= 11 is 1.48. The van der Waals surface area contributed by atoms with Gasteiger partial charge in [0.05, 0.1) is 5.01 Å². The first kappa shape index (κ1) is 22.7. The molecule has 7 heteroatoms. The van der Waals surface area contributed by atoms with Crippen LogP contribution in [0.1, 0.15) is 47.6 Å². The van der Waals surface area contributed by atoms with Gasteiger partial charge in [-0.3, -0.25) is 9.59 Å². The minimum Gasteiger partial charge on any atom is -0.332 e.